The van der Waals surface area contributed by atoms with Gasteiger partial charge in [0.1, 0.15) is 15.4 Å². The molecule has 0 saturated carbocycles. The highest BCUT2D eigenvalue weighted by Gasteiger charge is 2.32. The second kappa shape index (κ2) is 11.2. The number of carbonyl (C=O) groups excluding carboxylic acids is 1. The van der Waals surface area contributed by atoms with Crippen LogP contribution >= 0.6 is 0 Å². The van der Waals surface area contributed by atoms with Crippen molar-refractivity contribution in [3.05, 3.63) is 90.1 Å². The third-order valence-corrected chi connectivity index (χ3v) is 8.71. The van der Waals surface area contributed by atoms with Crippen molar-refractivity contribution in [2.45, 2.75) is 65.2 Å². The standard InChI is InChI=1S/C34H39NO4S/c1-23(40(7,37)38)18-25-19-29-12-9-17-35-31(29)30(20-25)28-11-8-10-27(21-28)26-15-13-24(14-16-26)22-34(5,6)32(36)39-33(2,3)4/h8-17,19-21,23H,18,22H2,1-7H3. The fourth-order valence-corrected chi connectivity index (χ4v) is 5.25. The van der Waals surface area contributed by atoms with Crippen LogP contribution in [0.15, 0.2) is 79.0 Å². The van der Waals surface area contributed by atoms with Gasteiger partial charge in [-0.05, 0) is 106 Å². The van der Waals surface area contributed by atoms with Gasteiger partial charge in [-0.2, -0.15) is 0 Å². The highest BCUT2D eigenvalue weighted by atomic mass is 32.2. The topological polar surface area (TPSA) is 73.3 Å². The van der Waals surface area contributed by atoms with Crippen molar-refractivity contribution in [2.75, 3.05) is 6.26 Å². The van der Waals surface area contributed by atoms with E-state index in [4.69, 9.17) is 4.74 Å². The number of hydrogen-bond donors (Lipinski definition) is 0. The quantitative estimate of drug-likeness (QED) is 0.210. The van der Waals surface area contributed by atoms with Crippen LogP contribution in [0.5, 0.6) is 0 Å². The monoisotopic (exact) mass is 557 g/mol. The Kier molecular flexibility index (Phi) is 8.23. The molecule has 0 saturated heterocycles. The second-order valence-electron chi connectivity index (χ2n) is 12.4. The molecule has 0 spiro atoms. The van der Waals surface area contributed by atoms with Crippen LogP contribution in [0, 0.1) is 5.41 Å². The number of benzene rings is 3. The van der Waals surface area contributed by atoms with Gasteiger partial charge in [-0.25, -0.2) is 8.42 Å². The van der Waals surface area contributed by atoms with Gasteiger partial charge in [0, 0.05) is 23.4 Å². The maximum Gasteiger partial charge on any atom is 0.312 e. The van der Waals surface area contributed by atoms with Crippen molar-refractivity contribution < 1.29 is 17.9 Å². The SMILES string of the molecule is CC(Cc1cc(-c2cccc(-c3ccc(CC(C)(C)C(=O)OC(C)(C)C)cc3)c2)c2ncccc2c1)S(C)(=O)=O. The lowest BCUT2D eigenvalue weighted by Gasteiger charge is -2.28. The number of nitrogens with zero attached hydrogens (tertiary/aromatic N) is 1. The average molecular weight is 558 g/mol. The summed E-state index contributed by atoms with van der Waals surface area (Å²) in [6.45, 7) is 11.2. The van der Waals surface area contributed by atoms with E-state index in [0.29, 0.717) is 12.8 Å². The zero-order valence-electron chi connectivity index (χ0n) is 24.5. The number of fused-ring (bicyclic) bond motifs is 1. The molecule has 0 aliphatic rings. The molecule has 0 aliphatic carbocycles. The van der Waals surface area contributed by atoms with Crippen molar-refractivity contribution in [2.24, 2.45) is 5.41 Å². The molecule has 0 radical (unpaired) electrons. The third-order valence-electron chi connectivity index (χ3n) is 7.08. The summed E-state index contributed by atoms with van der Waals surface area (Å²) < 4.78 is 29.8. The van der Waals surface area contributed by atoms with Crippen molar-refractivity contribution in [1.29, 1.82) is 0 Å². The number of sulfone groups is 1. The molecule has 4 rings (SSSR count). The molecule has 0 fully saturated rings. The molecule has 0 aliphatic heterocycles. The van der Waals surface area contributed by atoms with Gasteiger partial charge in [0.05, 0.1) is 16.2 Å². The maximum absolute atomic E-state index is 12.7. The van der Waals surface area contributed by atoms with Gasteiger partial charge >= 0.3 is 5.97 Å². The fraction of sp³-hybridized carbons (Fsp3) is 0.353. The maximum atomic E-state index is 12.7. The van der Waals surface area contributed by atoms with Crippen LogP contribution in [0.2, 0.25) is 0 Å². The van der Waals surface area contributed by atoms with Gasteiger partial charge < -0.3 is 4.74 Å². The zero-order valence-corrected chi connectivity index (χ0v) is 25.3. The summed E-state index contributed by atoms with van der Waals surface area (Å²) in [5.74, 6) is -0.203. The van der Waals surface area contributed by atoms with Gasteiger partial charge in [0.15, 0.2) is 0 Å². The lowest BCUT2D eigenvalue weighted by molar-refractivity contribution is -0.165. The molecule has 1 atom stereocenters. The number of rotatable bonds is 8. The Morgan fingerprint density at radius 3 is 2.17 bits per heavy atom. The van der Waals surface area contributed by atoms with Crippen LogP contribution < -0.4 is 0 Å². The van der Waals surface area contributed by atoms with E-state index in [2.05, 4.69) is 53.5 Å². The molecule has 1 aromatic heterocycles. The smallest absolute Gasteiger partial charge is 0.312 e. The molecule has 3 aromatic carbocycles. The van der Waals surface area contributed by atoms with Gasteiger partial charge in [-0.3, -0.25) is 9.78 Å². The molecule has 0 bridgehead atoms. The molecule has 5 nitrogen and oxygen atoms in total. The van der Waals surface area contributed by atoms with Crippen LogP contribution in [-0.4, -0.2) is 36.5 Å². The summed E-state index contributed by atoms with van der Waals surface area (Å²) in [5.41, 5.74) is 5.90. The number of ether oxygens (including phenoxy) is 1. The molecular formula is C34H39NO4S. The molecule has 0 N–H and O–H groups in total. The minimum atomic E-state index is -3.14. The largest absolute Gasteiger partial charge is 0.460 e. The van der Waals surface area contributed by atoms with E-state index in [1.54, 1.807) is 13.1 Å². The predicted octanol–water partition coefficient (Wildman–Crippen LogP) is 7.45. The molecule has 210 valence electrons. The number of hydrogen-bond acceptors (Lipinski definition) is 5. The van der Waals surface area contributed by atoms with Gasteiger partial charge in [0.25, 0.3) is 0 Å². The van der Waals surface area contributed by atoms with Gasteiger partial charge in [-0.15, -0.1) is 0 Å². The first-order chi connectivity index (χ1) is 18.6. The summed E-state index contributed by atoms with van der Waals surface area (Å²) in [5, 5.41) is 0.512. The molecule has 6 heteroatoms. The van der Waals surface area contributed by atoms with E-state index < -0.39 is 26.1 Å². The molecule has 0 amide bonds. The van der Waals surface area contributed by atoms with E-state index in [1.807, 2.05) is 58.9 Å². The molecule has 1 heterocycles. The van der Waals surface area contributed by atoms with Crippen molar-refractivity contribution in [3.63, 3.8) is 0 Å². The van der Waals surface area contributed by atoms with Crippen LogP contribution in [0.4, 0.5) is 0 Å². The van der Waals surface area contributed by atoms with Crippen LogP contribution in [0.1, 0.15) is 52.7 Å². The summed E-state index contributed by atoms with van der Waals surface area (Å²) >= 11 is 0. The Balaban J connectivity index is 1.64. The third kappa shape index (κ3) is 7.16. The minimum Gasteiger partial charge on any atom is -0.460 e. The number of aromatic nitrogens is 1. The first-order valence-corrected chi connectivity index (χ1v) is 15.6. The highest BCUT2D eigenvalue weighted by Crippen LogP contribution is 2.33. The molecule has 1 unspecified atom stereocenters. The Morgan fingerprint density at radius 1 is 0.850 bits per heavy atom. The van der Waals surface area contributed by atoms with Gasteiger partial charge in [0.2, 0.25) is 0 Å². The van der Waals surface area contributed by atoms with Crippen molar-refractivity contribution in [1.82, 2.24) is 4.98 Å². The van der Waals surface area contributed by atoms with E-state index >= 15 is 0 Å². The number of carbonyl (C=O) groups is 1. The second-order valence-corrected chi connectivity index (χ2v) is 14.9. The van der Waals surface area contributed by atoms with E-state index in [-0.39, 0.29) is 5.97 Å². The number of pyridine rings is 1. The highest BCUT2D eigenvalue weighted by molar-refractivity contribution is 7.91. The minimum absolute atomic E-state index is 0.203. The summed E-state index contributed by atoms with van der Waals surface area (Å²) in [6.07, 6.45) is 4.09. The lowest BCUT2D eigenvalue weighted by Crippen LogP contribution is -2.35. The molecule has 4 aromatic rings. The Labute approximate surface area is 238 Å². The van der Waals surface area contributed by atoms with E-state index in [9.17, 15) is 13.2 Å². The fourth-order valence-electron chi connectivity index (χ4n) is 4.76. The zero-order chi connectivity index (χ0) is 29.3. The van der Waals surface area contributed by atoms with Crippen molar-refractivity contribution in [3.8, 4) is 22.3 Å². The first-order valence-electron chi connectivity index (χ1n) is 13.6. The summed E-state index contributed by atoms with van der Waals surface area (Å²) in [7, 11) is -3.14. The lowest BCUT2D eigenvalue weighted by atomic mass is 9.85. The predicted molar refractivity (Wildman–Crippen MR) is 164 cm³/mol. The Morgan fingerprint density at radius 2 is 1.52 bits per heavy atom. The van der Waals surface area contributed by atoms with Gasteiger partial charge in [-0.1, -0.05) is 48.5 Å². The molecule has 40 heavy (non-hydrogen) atoms. The van der Waals surface area contributed by atoms with Crippen molar-refractivity contribution >= 4 is 26.7 Å². The Hall–Kier alpha value is -3.51. The summed E-state index contributed by atoms with van der Waals surface area (Å²) in [6, 6.07) is 24.6. The van der Waals surface area contributed by atoms with E-state index in [0.717, 1.165) is 44.3 Å². The van der Waals surface area contributed by atoms with Crippen LogP contribution in [-0.2, 0) is 32.2 Å². The Bertz CT molecular complexity index is 1630. The van der Waals surface area contributed by atoms with Crippen LogP contribution in [0.25, 0.3) is 33.2 Å². The average Bonchev–Trinajstić information content (AvgIpc) is 2.87. The normalized spacial score (nSPS) is 13.3. The van der Waals surface area contributed by atoms with E-state index in [1.165, 1.54) is 6.26 Å². The number of esters is 1. The summed E-state index contributed by atoms with van der Waals surface area (Å²) in [4.78, 5) is 17.4. The molecular weight excluding hydrogens is 518 g/mol. The van der Waals surface area contributed by atoms with Crippen LogP contribution in [0.3, 0.4) is 0 Å². The first kappa shape index (κ1) is 29.5.